The van der Waals surface area contributed by atoms with E-state index in [-0.39, 0.29) is 5.91 Å². The number of nitrogens with one attached hydrogen (secondary N) is 1. The van der Waals surface area contributed by atoms with Crippen LogP contribution in [-0.4, -0.2) is 18.2 Å². The number of halogens is 1. The predicted molar refractivity (Wildman–Crippen MR) is 72.7 cm³/mol. The van der Waals surface area contributed by atoms with Crippen LogP contribution in [0.3, 0.4) is 0 Å². The first kappa shape index (κ1) is 13.3. The van der Waals surface area contributed by atoms with Gasteiger partial charge in [-0.15, -0.1) is 11.8 Å². The van der Waals surface area contributed by atoms with Gasteiger partial charge in [-0.3, -0.25) is 4.79 Å². The Balaban J connectivity index is 2.31. The summed E-state index contributed by atoms with van der Waals surface area (Å²) in [5.41, 5.74) is 0.960. The fraction of sp³-hybridized carbons (Fsp3) is 0.250. The van der Waals surface area contributed by atoms with Crippen molar-refractivity contribution < 1.29 is 4.79 Å². The minimum Gasteiger partial charge on any atom is -0.352 e. The lowest BCUT2D eigenvalue weighted by atomic mass is 10.3. The Morgan fingerprint density at radius 2 is 2.06 bits per heavy atom. The maximum absolute atomic E-state index is 11.4. The van der Waals surface area contributed by atoms with E-state index in [1.54, 1.807) is 0 Å². The molecule has 1 aromatic rings. The van der Waals surface area contributed by atoms with Gasteiger partial charge in [0.15, 0.2) is 0 Å². The van der Waals surface area contributed by atoms with Gasteiger partial charge in [-0.25, -0.2) is 0 Å². The first-order valence-corrected chi connectivity index (χ1v) is 6.65. The molecule has 4 heteroatoms. The van der Waals surface area contributed by atoms with Crippen molar-refractivity contribution >= 4 is 33.6 Å². The molecule has 2 nitrogen and oxygen atoms in total. The molecule has 1 N–H and O–H groups in total. The van der Waals surface area contributed by atoms with E-state index in [1.807, 2.05) is 31.2 Å². The fourth-order valence-corrected chi connectivity index (χ4v) is 1.97. The SMILES string of the molecule is C=C(C)CNC(=O)CSc1ccc(Br)cc1. The molecule has 0 bridgehead atoms. The maximum atomic E-state index is 11.4. The summed E-state index contributed by atoms with van der Waals surface area (Å²) in [6, 6.07) is 7.91. The van der Waals surface area contributed by atoms with E-state index in [0.717, 1.165) is 14.9 Å². The molecule has 0 radical (unpaired) electrons. The van der Waals surface area contributed by atoms with Crippen LogP contribution in [0.4, 0.5) is 0 Å². The third-order valence-corrected chi connectivity index (χ3v) is 3.31. The van der Waals surface area contributed by atoms with Gasteiger partial charge in [-0.05, 0) is 31.2 Å². The second-order valence-corrected chi connectivity index (χ2v) is 5.44. The molecule has 0 aliphatic heterocycles. The van der Waals surface area contributed by atoms with E-state index in [1.165, 1.54) is 11.8 Å². The van der Waals surface area contributed by atoms with Crippen LogP contribution in [0.1, 0.15) is 6.92 Å². The van der Waals surface area contributed by atoms with Crippen LogP contribution in [0.25, 0.3) is 0 Å². The number of hydrogen-bond acceptors (Lipinski definition) is 2. The van der Waals surface area contributed by atoms with E-state index in [2.05, 4.69) is 27.8 Å². The second kappa shape index (κ2) is 6.76. The molecule has 0 saturated carbocycles. The molecular weight excluding hydrogens is 286 g/mol. The van der Waals surface area contributed by atoms with Gasteiger partial charge in [0.05, 0.1) is 5.75 Å². The van der Waals surface area contributed by atoms with Gasteiger partial charge in [-0.2, -0.15) is 0 Å². The third kappa shape index (κ3) is 5.37. The van der Waals surface area contributed by atoms with Gasteiger partial charge in [-0.1, -0.05) is 28.1 Å². The van der Waals surface area contributed by atoms with E-state index >= 15 is 0 Å². The molecule has 0 spiro atoms. The highest BCUT2D eigenvalue weighted by atomic mass is 79.9. The number of carbonyl (C=O) groups is 1. The number of thioether (sulfide) groups is 1. The Kier molecular flexibility index (Phi) is 5.63. The summed E-state index contributed by atoms with van der Waals surface area (Å²) in [4.78, 5) is 12.5. The van der Waals surface area contributed by atoms with E-state index in [4.69, 9.17) is 0 Å². The zero-order valence-electron chi connectivity index (χ0n) is 9.13. The van der Waals surface area contributed by atoms with Crippen molar-refractivity contribution in [3.05, 3.63) is 40.9 Å². The third-order valence-electron chi connectivity index (χ3n) is 1.77. The quantitative estimate of drug-likeness (QED) is 0.668. The van der Waals surface area contributed by atoms with Crippen LogP contribution < -0.4 is 5.32 Å². The Hall–Kier alpha value is -0.740. The highest BCUT2D eigenvalue weighted by molar-refractivity contribution is 9.10. The summed E-state index contributed by atoms with van der Waals surface area (Å²) < 4.78 is 1.04. The van der Waals surface area contributed by atoms with Crippen molar-refractivity contribution in [2.45, 2.75) is 11.8 Å². The lowest BCUT2D eigenvalue weighted by molar-refractivity contribution is -0.118. The molecule has 0 unspecified atom stereocenters. The summed E-state index contributed by atoms with van der Waals surface area (Å²) >= 11 is 4.89. The van der Waals surface area contributed by atoms with Crippen LogP contribution in [0, 0.1) is 0 Å². The topological polar surface area (TPSA) is 29.1 Å². The van der Waals surface area contributed by atoms with Gasteiger partial charge < -0.3 is 5.32 Å². The standard InChI is InChI=1S/C12H14BrNOS/c1-9(2)7-14-12(15)8-16-11-5-3-10(13)4-6-11/h3-6H,1,7-8H2,2H3,(H,14,15). The normalized spacial score (nSPS) is 9.88. The molecule has 0 fully saturated rings. The summed E-state index contributed by atoms with van der Waals surface area (Å²) in [7, 11) is 0. The van der Waals surface area contributed by atoms with Gasteiger partial charge >= 0.3 is 0 Å². The molecule has 1 amide bonds. The first-order chi connectivity index (χ1) is 7.58. The van der Waals surface area contributed by atoms with Crippen LogP contribution in [0.15, 0.2) is 45.8 Å². The zero-order valence-corrected chi connectivity index (χ0v) is 11.5. The van der Waals surface area contributed by atoms with Gasteiger partial charge in [0.1, 0.15) is 0 Å². The van der Waals surface area contributed by atoms with Gasteiger partial charge in [0.25, 0.3) is 0 Å². The number of hydrogen-bond donors (Lipinski definition) is 1. The first-order valence-electron chi connectivity index (χ1n) is 4.87. The minimum absolute atomic E-state index is 0.0379. The van der Waals surface area contributed by atoms with E-state index in [9.17, 15) is 4.79 Å². The molecule has 0 saturated heterocycles. The lowest BCUT2D eigenvalue weighted by Gasteiger charge is -2.04. The number of carbonyl (C=O) groups excluding carboxylic acids is 1. The largest absolute Gasteiger partial charge is 0.352 e. The maximum Gasteiger partial charge on any atom is 0.230 e. The zero-order chi connectivity index (χ0) is 12.0. The molecule has 0 heterocycles. The van der Waals surface area contributed by atoms with Crippen LogP contribution in [0.2, 0.25) is 0 Å². The number of amides is 1. The average Bonchev–Trinajstić information content (AvgIpc) is 2.25. The Labute approximate surface area is 109 Å². The average molecular weight is 300 g/mol. The van der Waals surface area contributed by atoms with Crippen molar-refractivity contribution in [1.82, 2.24) is 5.32 Å². The second-order valence-electron chi connectivity index (χ2n) is 3.48. The molecular formula is C12H14BrNOS. The Morgan fingerprint density at radius 1 is 1.44 bits per heavy atom. The molecule has 0 aliphatic carbocycles. The summed E-state index contributed by atoms with van der Waals surface area (Å²) in [6.45, 7) is 6.17. The molecule has 1 rings (SSSR count). The van der Waals surface area contributed by atoms with Crippen molar-refractivity contribution in [3.63, 3.8) is 0 Å². The Morgan fingerprint density at radius 3 is 2.62 bits per heavy atom. The number of benzene rings is 1. The molecule has 0 aromatic heterocycles. The highest BCUT2D eigenvalue weighted by Crippen LogP contribution is 2.20. The summed E-state index contributed by atoms with van der Waals surface area (Å²) in [6.07, 6.45) is 0. The number of rotatable bonds is 5. The smallest absolute Gasteiger partial charge is 0.230 e. The lowest BCUT2D eigenvalue weighted by Crippen LogP contribution is -2.26. The van der Waals surface area contributed by atoms with Crippen LogP contribution >= 0.6 is 27.7 Å². The molecule has 1 aromatic carbocycles. The van der Waals surface area contributed by atoms with Crippen LogP contribution in [-0.2, 0) is 4.79 Å². The minimum atomic E-state index is 0.0379. The fourth-order valence-electron chi connectivity index (χ4n) is 0.980. The van der Waals surface area contributed by atoms with E-state index in [0.29, 0.717) is 12.3 Å². The van der Waals surface area contributed by atoms with Crippen molar-refractivity contribution in [3.8, 4) is 0 Å². The highest BCUT2D eigenvalue weighted by Gasteiger charge is 2.01. The predicted octanol–water partition coefficient (Wildman–Crippen LogP) is 3.23. The molecule has 0 aliphatic rings. The molecule has 0 atom stereocenters. The van der Waals surface area contributed by atoms with Gasteiger partial charge in [0, 0.05) is 15.9 Å². The van der Waals surface area contributed by atoms with Crippen molar-refractivity contribution in [2.24, 2.45) is 0 Å². The van der Waals surface area contributed by atoms with E-state index < -0.39 is 0 Å². The van der Waals surface area contributed by atoms with Gasteiger partial charge in [0.2, 0.25) is 5.91 Å². The summed E-state index contributed by atoms with van der Waals surface area (Å²) in [5, 5.41) is 2.80. The summed E-state index contributed by atoms with van der Waals surface area (Å²) in [5.74, 6) is 0.477. The van der Waals surface area contributed by atoms with Crippen molar-refractivity contribution in [2.75, 3.05) is 12.3 Å². The Bertz CT molecular complexity index is 375. The molecule has 16 heavy (non-hydrogen) atoms. The van der Waals surface area contributed by atoms with Crippen molar-refractivity contribution in [1.29, 1.82) is 0 Å². The monoisotopic (exact) mass is 299 g/mol. The molecule has 86 valence electrons. The van der Waals surface area contributed by atoms with Crippen LogP contribution in [0.5, 0.6) is 0 Å².